The van der Waals surface area contributed by atoms with Gasteiger partial charge in [0.15, 0.2) is 0 Å². The van der Waals surface area contributed by atoms with E-state index in [1.165, 1.54) is 17.4 Å². The molecule has 2 heterocycles. The van der Waals surface area contributed by atoms with Crippen molar-refractivity contribution in [2.45, 2.75) is 25.9 Å². The van der Waals surface area contributed by atoms with Crippen molar-refractivity contribution in [1.29, 1.82) is 0 Å². The van der Waals surface area contributed by atoms with E-state index < -0.39 is 10.0 Å². The Morgan fingerprint density at radius 3 is 2.70 bits per heavy atom. The maximum atomic E-state index is 11.7. The van der Waals surface area contributed by atoms with Crippen molar-refractivity contribution in [3.05, 3.63) is 35.4 Å². The van der Waals surface area contributed by atoms with Crippen LogP contribution in [0.15, 0.2) is 24.3 Å². The van der Waals surface area contributed by atoms with Crippen LogP contribution in [-0.2, 0) is 16.6 Å². The molecular weight excluding hydrogens is 272 g/mol. The molecule has 3 rings (SSSR count). The summed E-state index contributed by atoms with van der Waals surface area (Å²) in [6, 6.07) is 8.62. The van der Waals surface area contributed by atoms with Crippen LogP contribution in [0.1, 0.15) is 17.5 Å². The van der Waals surface area contributed by atoms with Crippen LogP contribution >= 0.6 is 0 Å². The monoisotopic (exact) mass is 294 g/mol. The molecule has 0 spiro atoms. The lowest BCUT2D eigenvalue weighted by Gasteiger charge is -2.52. The molecule has 0 aromatic heterocycles. The third-order valence-electron chi connectivity index (χ3n) is 4.67. The Kier molecular flexibility index (Phi) is 3.60. The van der Waals surface area contributed by atoms with E-state index in [0.717, 1.165) is 32.6 Å². The van der Waals surface area contributed by atoms with E-state index in [0.29, 0.717) is 5.92 Å². The first kappa shape index (κ1) is 14.0. The third kappa shape index (κ3) is 2.62. The largest absolute Gasteiger partial charge is 0.297 e. The van der Waals surface area contributed by atoms with E-state index in [4.69, 9.17) is 0 Å². The lowest BCUT2D eigenvalue weighted by atomic mass is 9.84. The van der Waals surface area contributed by atoms with Gasteiger partial charge in [0.2, 0.25) is 10.0 Å². The van der Waals surface area contributed by atoms with Crippen LogP contribution in [0.25, 0.3) is 0 Å². The molecule has 2 aliphatic rings. The molecule has 0 amide bonds. The minimum absolute atomic E-state index is 0.197. The number of hydrogen-bond acceptors (Lipinski definition) is 3. The molecule has 20 heavy (non-hydrogen) atoms. The zero-order chi connectivity index (χ0) is 14.3. The van der Waals surface area contributed by atoms with Gasteiger partial charge < -0.3 is 0 Å². The Morgan fingerprint density at radius 2 is 2.00 bits per heavy atom. The first-order valence-electron chi connectivity index (χ1n) is 7.19. The summed E-state index contributed by atoms with van der Waals surface area (Å²) in [5.41, 5.74) is 2.65. The van der Waals surface area contributed by atoms with Gasteiger partial charge in [-0.15, -0.1) is 0 Å². The number of sulfonamides is 1. The number of nitrogens with zero attached hydrogens (tertiary/aromatic N) is 2. The average molecular weight is 294 g/mol. The van der Waals surface area contributed by atoms with E-state index in [2.05, 4.69) is 36.1 Å². The van der Waals surface area contributed by atoms with Crippen LogP contribution < -0.4 is 0 Å². The third-order valence-corrected chi connectivity index (χ3v) is 5.94. The van der Waals surface area contributed by atoms with Gasteiger partial charge in [-0.05, 0) is 36.9 Å². The minimum atomic E-state index is -3.03. The van der Waals surface area contributed by atoms with Crippen molar-refractivity contribution in [2.24, 2.45) is 5.92 Å². The molecule has 0 aliphatic carbocycles. The summed E-state index contributed by atoms with van der Waals surface area (Å²) >= 11 is 0. The highest BCUT2D eigenvalue weighted by molar-refractivity contribution is 7.88. The van der Waals surface area contributed by atoms with Crippen molar-refractivity contribution in [3.63, 3.8) is 0 Å². The first-order chi connectivity index (χ1) is 9.45. The van der Waals surface area contributed by atoms with Crippen LogP contribution in [0, 0.1) is 12.8 Å². The van der Waals surface area contributed by atoms with E-state index in [1.807, 2.05) is 0 Å². The standard InChI is InChI=1S/C15H22N2O2S/c1-12-5-3-4-6-13(12)9-16-8-7-14-10-17(15(14)11-16)20(2,18)19/h3-6,14-15H,7-11H2,1-2H3/t14-,15-/m1/s1. The number of hydrogen-bond donors (Lipinski definition) is 0. The lowest BCUT2D eigenvalue weighted by Crippen LogP contribution is -2.65. The Bertz CT molecular complexity index is 600. The number of rotatable bonds is 3. The SMILES string of the molecule is Cc1ccccc1CN1CC[C@@H]2CN(S(C)(=O)=O)[C@@H]2C1. The summed E-state index contributed by atoms with van der Waals surface area (Å²) in [4.78, 5) is 2.39. The molecule has 1 aromatic carbocycles. The number of likely N-dealkylation sites (tertiary alicyclic amines) is 1. The average Bonchev–Trinajstić information content (AvgIpc) is 2.34. The molecule has 0 N–H and O–H groups in total. The molecule has 110 valence electrons. The van der Waals surface area contributed by atoms with Gasteiger partial charge in [-0.3, -0.25) is 4.90 Å². The zero-order valence-corrected chi connectivity index (χ0v) is 12.9. The second kappa shape index (κ2) is 5.13. The highest BCUT2D eigenvalue weighted by Crippen LogP contribution is 2.34. The Morgan fingerprint density at radius 1 is 1.25 bits per heavy atom. The van der Waals surface area contributed by atoms with Gasteiger partial charge in [-0.2, -0.15) is 4.31 Å². The molecule has 1 aromatic rings. The van der Waals surface area contributed by atoms with Gasteiger partial charge in [-0.1, -0.05) is 24.3 Å². The van der Waals surface area contributed by atoms with Gasteiger partial charge in [0.05, 0.1) is 6.26 Å². The summed E-state index contributed by atoms with van der Waals surface area (Å²) in [6.45, 7) is 5.72. The van der Waals surface area contributed by atoms with E-state index in [-0.39, 0.29) is 6.04 Å². The minimum Gasteiger partial charge on any atom is -0.297 e. The topological polar surface area (TPSA) is 40.6 Å². The smallest absolute Gasteiger partial charge is 0.211 e. The van der Waals surface area contributed by atoms with E-state index in [1.54, 1.807) is 4.31 Å². The van der Waals surface area contributed by atoms with Crippen LogP contribution in [0.2, 0.25) is 0 Å². The fourth-order valence-electron chi connectivity index (χ4n) is 3.37. The fourth-order valence-corrected chi connectivity index (χ4v) is 4.56. The molecule has 2 atom stereocenters. The molecule has 2 aliphatic heterocycles. The molecule has 0 bridgehead atoms. The van der Waals surface area contributed by atoms with E-state index in [9.17, 15) is 8.42 Å². The zero-order valence-electron chi connectivity index (χ0n) is 12.1. The quantitative estimate of drug-likeness (QED) is 0.847. The molecular formula is C15H22N2O2S. The Balaban J connectivity index is 1.67. The van der Waals surface area contributed by atoms with E-state index >= 15 is 0 Å². The normalized spacial score (nSPS) is 27.9. The van der Waals surface area contributed by atoms with Gasteiger partial charge in [0.1, 0.15) is 0 Å². The van der Waals surface area contributed by atoms with Crippen LogP contribution in [-0.4, -0.2) is 49.6 Å². The summed E-state index contributed by atoms with van der Waals surface area (Å²) in [7, 11) is -3.03. The maximum absolute atomic E-state index is 11.7. The van der Waals surface area contributed by atoms with Crippen LogP contribution in [0.3, 0.4) is 0 Å². The molecule has 2 fully saturated rings. The molecule has 5 heteroatoms. The molecule has 0 unspecified atom stereocenters. The van der Waals surface area contributed by atoms with Crippen molar-refractivity contribution in [3.8, 4) is 0 Å². The predicted molar refractivity (Wildman–Crippen MR) is 79.9 cm³/mol. The molecule has 0 radical (unpaired) electrons. The van der Waals surface area contributed by atoms with Crippen LogP contribution in [0.5, 0.6) is 0 Å². The lowest BCUT2D eigenvalue weighted by molar-refractivity contribution is 0.0110. The highest BCUT2D eigenvalue weighted by atomic mass is 32.2. The number of benzene rings is 1. The number of aryl methyl sites for hydroxylation is 1. The van der Waals surface area contributed by atoms with Crippen LogP contribution in [0.4, 0.5) is 0 Å². The van der Waals surface area contributed by atoms with Gasteiger partial charge in [0, 0.05) is 25.7 Å². The molecule has 2 saturated heterocycles. The summed E-state index contributed by atoms with van der Waals surface area (Å²) in [6.07, 6.45) is 2.44. The van der Waals surface area contributed by atoms with Gasteiger partial charge in [0.25, 0.3) is 0 Å². The predicted octanol–water partition coefficient (Wildman–Crippen LogP) is 1.46. The Labute approximate surface area is 121 Å². The first-order valence-corrected chi connectivity index (χ1v) is 9.03. The summed E-state index contributed by atoms with van der Waals surface area (Å²) in [5.74, 6) is 0.567. The molecule has 0 saturated carbocycles. The van der Waals surface area contributed by atoms with Gasteiger partial charge >= 0.3 is 0 Å². The highest BCUT2D eigenvalue weighted by Gasteiger charge is 2.46. The van der Waals surface area contributed by atoms with Crippen molar-refractivity contribution in [2.75, 3.05) is 25.9 Å². The molecule has 4 nitrogen and oxygen atoms in total. The number of fused-ring (bicyclic) bond motifs is 1. The second-order valence-electron chi connectivity index (χ2n) is 6.11. The van der Waals surface area contributed by atoms with Crippen molar-refractivity contribution < 1.29 is 8.42 Å². The number of piperidine rings is 1. The second-order valence-corrected chi connectivity index (χ2v) is 8.05. The maximum Gasteiger partial charge on any atom is 0.211 e. The summed E-state index contributed by atoms with van der Waals surface area (Å²) < 4.78 is 25.1. The fraction of sp³-hybridized carbons (Fsp3) is 0.600. The van der Waals surface area contributed by atoms with Crippen molar-refractivity contribution in [1.82, 2.24) is 9.21 Å². The van der Waals surface area contributed by atoms with Gasteiger partial charge in [-0.25, -0.2) is 8.42 Å². The Hall–Kier alpha value is -0.910. The summed E-state index contributed by atoms with van der Waals surface area (Å²) in [5, 5.41) is 0. The van der Waals surface area contributed by atoms with Crippen molar-refractivity contribution >= 4 is 10.0 Å².